The van der Waals surface area contributed by atoms with Crippen molar-refractivity contribution in [1.29, 1.82) is 0 Å². The van der Waals surface area contributed by atoms with Gasteiger partial charge < -0.3 is 5.32 Å². The number of benzene rings is 2. The van der Waals surface area contributed by atoms with Gasteiger partial charge in [-0.3, -0.25) is 4.79 Å². The summed E-state index contributed by atoms with van der Waals surface area (Å²) in [6, 6.07) is 11.8. The van der Waals surface area contributed by atoms with E-state index in [0.29, 0.717) is 11.3 Å². The maximum absolute atomic E-state index is 13.4. The molecule has 1 amide bonds. The van der Waals surface area contributed by atoms with Gasteiger partial charge in [-0.25, -0.2) is 17.9 Å². The first kappa shape index (κ1) is 16.1. The molecule has 0 atom stereocenters. The van der Waals surface area contributed by atoms with Crippen molar-refractivity contribution < 1.29 is 17.6 Å². The van der Waals surface area contributed by atoms with Crippen molar-refractivity contribution in [3.63, 3.8) is 0 Å². The highest BCUT2D eigenvalue weighted by atomic mass is 32.2. The molecular weight excluding hydrogens is 307 g/mol. The Kier molecular flexibility index (Phi) is 4.89. The van der Waals surface area contributed by atoms with Crippen molar-refractivity contribution in [3.8, 4) is 0 Å². The molecule has 3 N–H and O–H groups in total. The summed E-state index contributed by atoms with van der Waals surface area (Å²) < 4.78 is 35.6. The van der Waals surface area contributed by atoms with Crippen LogP contribution in [0.3, 0.4) is 0 Å². The summed E-state index contributed by atoms with van der Waals surface area (Å²) in [6.45, 7) is 0. The minimum absolute atomic E-state index is 0.0307. The second kappa shape index (κ2) is 6.67. The second-order valence-corrected chi connectivity index (χ2v) is 6.27. The highest BCUT2D eigenvalue weighted by molar-refractivity contribution is 7.89. The molecule has 7 heteroatoms. The molecule has 0 saturated carbocycles. The quantitative estimate of drug-likeness (QED) is 0.883. The lowest BCUT2D eigenvalue weighted by Crippen LogP contribution is -2.14. The van der Waals surface area contributed by atoms with Crippen LogP contribution in [0.15, 0.2) is 53.4 Å². The number of sulfonamides is 1. The lowest BCUT2D eigenvalue weighted by Gasteiger charge is -2.06. The predicted molar refractivity (Wildman–Crippen MR) is 81.2 cm³/mol. The number of nitrogens with two attached hydrogens (primary N) is 1. The first-order valence-corrected chi connectivity index (χ1v) is 8.07. The van der Waals surface area contributed by atoms with E-state index in [1.54, 1.807) is 18.2 Å². The molecule has 2 aromatic rings. The van der Waals surface area contributed by atoms with E-state index < -0.39 is 10.0 Å². The Morgan fingerprint density at radius 3 is 2.32 bits per heavy atom. The fourth-order valence-corrected chi connectivity index (χ4v) is 2.42. The smallest absolute Gasteiger partial charge is 0.238 e. The van der Waals surface area contributed by atoms with Gasteiger partial charge in [0.2, 0.25) is 15.9 Å². The summed E-state index contributed by atoms with van der Waals surface area (Å²) in [5.74, 6) is -0.626. The van der Waals surface area contributed by atoms with Gasteiger partial charge in [-0.2, -0.15) is 0 Å². The Hall–Kier alpha value is -2.25. The van der Waals surface area contributed by atoms with Gasteiger partial charge in [-0.1, -0.05) is 18.2 Å². The highest BCUT2D eigenvalue weighted by Crippen LogP contribution is 2.14. The van der Waals surface area contributed by atoms with Crippen molar-refractivity contribution in [2.24, 2.45) is 5.14 Å². The molecule has 0 aliphatic carbocycles. The van der Waals surface area contributed by atoms with Crippen molar-refractivity contribution >= 4 is 21.6 Å². The Bertz CT molecular complexity index is 774. The third-order valence-electron chi connectivity index (χ3n) is 3.05. The number of carbonyl (C=O) groups is 1. The maximum Gasteiger partial charge on any atom is 0.238 e. The van der Waals surface area contributed by atoms with Crippen molar-refractivity contribution in [3.05, 3.63) is 59.9 Å². The number of rotatable bonds is 5. The fourth-order valence-electron chi connectivity index (χ4n) is 1.90. The molecular formula is C15H15FN2O3S. The third-order valence-corrected chi connectivity index (χ3v) is 3.98. The lowest BCUT2D eigenvalue weighted by atomic mass is 10.1. The van der Waals surface area contributed by atoms with E-state index in [0.717, 1.165) is 0 Å². The van der Waals surface area contributed by atoms with Crippen LogP contribution in [0, 0.1) is 5.82 Å². The number of primary sulfonamides is 1. The van der Waals surface area contributed by atoms with Crippen LogP contribution in [0.25, 0.3) is 0 Å². The molecule has 0 aliphatic heterocycles. The topological polar surface area (TPSA) is 89.3 Å². The van der Waals surface area contributed by atoms with E-state index in [4.69, 9.17) is 5.14 Å². The van der Waals surface area contributed by atoms with Gasteiger partial charge in [-0.15, -0.1) is 0 Å². The third kappa shape index (κ3) is 4.37. The molecule has 116 valence electrons. The first-order chi connectivity index (χ1) is 10.4. The largest absolute Gasteiger partial charge is 0.326 e. The van der Waals surface area contributed by atoms with E-state index in [2.05, 4.69) is 5.32 Å². The zero-order valence-corrected chi connectivity index (χ0v) is 12.4. The maximum atomic E-state index is 13.4. The van der Waals surface area contributed by atoms with E-state index in [-0.39, 0.29) is 29.5 Å². The van der Waals surface area contributed by atoms with E-state index >= 15 is 0 Å². The second-order valence-electron chi connectivity index (χ2n) is 4.71. The number of amides is 1. The van der Waals surface area contributed by atoms with E-state index in [1.165, 1.54) is 30.3 Å². The summed E-state index contributed by atoms with van der Waals surface area (Å²) in [4.78, 5) is 11.8. The van der Waals surface area contributed by atoms with E-state index in [9.17, 15) is 17.6 Å². The molecule has 5 nitrogen and oxygen atoms in total. The SMILES string of the molecule is NS(=O)(=O)c1ccc(NC(=O)CCc2ccccc2F)cc1. The fraction of sp³-hybridized carbons (Fsp3) is 0.133. The molecule has 0 radical (unpaired) electrons. The minimum Gasteiger partial charge on any atom is -0.326 e. The Morgan fingerprint density at radius 1 is 1.09 bits per heavy atom. The number of hydrogen-bond acceptors (Lipinski definition) is 3. The van der Waals surface area contributed by atoms with Crippen molar-refractivity contribution in [2.45, 2.75) is 17.7 Å². The number of carbonyl (C=O) groups excluding carboxylic acids is 1. The van der Waals surface area contributed by atoms with Crippen molar-refractivity contribution in [1.82, 2.24) is 0 Å². The van der Waals surface area contributed by atoms with Crippen molar-refractivity contribution in [2.75, 3.05) is 5.32 Å². The summed E-state index contributed by atoms with van der Waals surface area (Å²) in [7, 11) is -3.75. The number of halogens is 1. The molecule has 0 spiro atoms. The van der Waals surface area contributed by atoms with Crippen LogP contribution in [0.1, 0.15) is 12.0 Å². The molecule has 0 bridgehead atoms. The molecule has 0 fully saturated rings. The van der Waals surface area contributed by atoms with Crippen LogP contribution in [-0.4, -0.2) is 14.3 Å². The Labute approximate surface area is 128 Å². The normalized spacial score (nSPS) is 11.2. The minimum atomic E-state index is -3.75. The Balaban J connectivity index is 1.94. The average molecular weight is 322 g/mol. The number of anilines is 1. The Morgan fingerprint density at radius 2 is 1.73 bits per heavy atom. The monoisotopic (exact) mass is 322 g/mol. The molecule has 0 unspecified atom stereocenters. The van der Waals surface area contributed by atoms with Gasteiger partial charge in [-0.05, 0) is 42.3 Å². The van der Waals surface area contributed by atoms with Gasteiger partial charge in [0.25, 0.3) is 0 Å². The lowest BCUT2D eigenvalue weighted by molar-refractivity contribution is -0.116. The molecule has 22 heavy (non-hydrogen) atoms. The molecule has 0 heterocycles. The van der Waals surface area contributed by atoms with E-state index in [1.807, 2.05) is 0 Å². The summed E-state index contributed by atoms with van der Waals surface area (Å²) in [5, 5.41) is 7.60. The van der Waals surface area contributed by atoms with Gasteiger partial charge in [0.05, 0.1) is 4.90 Å². The van der Waals surface area contributed by atoms with Crippen LogP contribution >= 0.6 is 0 Å². The summed E-state index contributed by atoms with van der Waals surface area (Å²) in [5.41, 5.74) is 0.924. The van der Waals surface area contributed by atoms with Crippen LogP contribution < -0.4 is 10.5 Å². The van der Waals surface area contributed by atoms with Gasteiger partial charge in [0, 0.05) is 12.1 Å². The molecule has 2 rings (SSSR count). The van der Waals surface area contributed by atoms with Crippen LogP contribution in [-0.2, 0) is 21.2 Å². The number of hydrogen-bond donors (Lipinski definition) is 2. The molecule has 2 aromatic carbocycles. The van der Waals surface area contributed by atoms with Crippen LogP contribution in [0.5, 0.6) is 0 Å². The van der Waals surface area contributed by atoms with Crippen LogP contribution in [0.4, 0.5) is 10.1 Å². The van der Waals surface area contributed by atoms with Gasteiger partial charge >= 0.3 is 0 Å². The molecule has 0 saturated heterocycles. The van der Waals surface area contributed by atoms with Crippen LogP contribution in [0.2, 0.25) is 0 Å². The highest BCUT2D eigenvalue weighted by Gasteiger charge is 2.09. The molecule has 0 aromatic heterocycles. The van der Waals surface area contributed by atoms with Gasteiger partial charge in [0.1, 0.15) is 5.82 Å². The average Bonchev–Trinajstić information content (AvgIpc) is 2.46. The number of aryl methyl sites for hydroxylation is 1. The number of nitrogens with one attached hydrogen (secondary N) is 1. The zero-order chi connectivity index (χ0) is 16.2. The van der Waals surface area contributed by atoms with Gasteiger partial charge in [0.15, 0.2) is 0 Å². The predicted octanol–water partition coefficient (Wildman–Crippen LogP) is 2.04. The standard InChI is InChI=1S/C15H15FN2O3S/c16-14-4-2-1-3-11(14)5-10-15(19)18-12-6-8-13(9-7-12)22(17,20)21/h1-4,6-9H,5,10H2,(H,18,19)(H2,17,20,21). The molecule has 0 aliphatic rings. The first-order valence-electron chi connectivity index (χ1n) is 6.52. The zero-order valence-electron chi connectivity index (χ0n) is 11.6. The summed E-state index contributed by atoms with van der Waals surface area (Å²) in [6.07, 6.45) is 0.408. The summed E-state index contributed by atoms with van der Waals surface area (Å²) >= 11 is 0.